The highest BCUT2D eigenvalue weighted by atomic mass is 35.5. The average Bonchev–Trinajstić information content (AvgIpc) is 2.24. The van der Waals surface area contributed by atoms with Gasteiger partial charge in [0.1, 0.15) is 0 Å². The van der Waals surface area contributed by atoms with Crippen molar-refractivity contribution in [2.75, 3.05) is 42.9 Å². The van der Waals surface area contributed by atoms with Gasteiger partial charge in [-0.05, 0) is 30.6 Å². The SMILES string of the molecule is CSCCCNc1cccc(Cl)c1N(C)C. The maximum Gasteiger partial charge on any atom is 0.0786 e. The second kappa shape index (κ2) is 6.92. The zero-order chi connectivity index (χ0) is 12.0. The van der Waals surface area contributed by atoms with E-state index in [1.807, 2.05) is 42.9 Å². The van der Waals surface area contributed by atoms with Crippen molar-refractivity contribution in [3.05, 3.63) is 23.2 Å². The molecule has 0 atom stereocenters. The summed E-state index contributed by atoms with van der Waals surface area (Å²) in [5, 5.41) is 4.22. The number of para-hydroxylation sites is 1. The lowest BCUT2D eigenvalue weighted by atomic mass is 10.2. The van der Waals surface area contributed by atoms with Gasteiger partial charge < -0.3 is 10.2 Å². The van der Waals surface area contributed by atoms with Gasteiger partial charge in [0, 0.05) is 20.6 Å². The number of halogens is 1. The van der Waals surface area contributed by atoms with E-state index in [1.165, 1.54) is 12.2 Å². The van der Waals surface area contributed by atoms with Crippen LogP contribution in [0.25, 0.3) is 0 Å². The van der Waals surface area contributed by atoms with E-state index in [0.29, 0.717) is 0 Å². The number of nitrogens with zero attached hydrogens (tertiary/aromatic N) is 1. The highest BCUT2D eigenvalue weighted by molar-refractivity contribution is 7.98. The molecule has 1 rings (SSSR count). The Morgan fingerprint density at radius 1 is 1.38 bits per heavy atom. The van der Waals surface area contributed by atoms with Crippen LogP contribution in [0.2, 0.25) is 5.02 Å². The maximum absolute atomic E-state index is 6.18. The van der Waals surface area contributed by atoms with Crippen LogP contribution in [0.15, 0.2) is 18.2 Å². The Kier molecular flexibility index (Phi) is 5.85. The van der Waals surface area contributed by atoms with Gasteiger partial charge in [-0.2, -0.15) is 11.8 Å². The maximum atomic E-state index is 6.18. The Morgan fingerprint density at radius 3 is 2.75 bits per heavy atom. The van der Waals surface area contributed by atoms with Crippen molar-refractivity contribution in [3.63, 3.8) is 0 Å². The molecular weight excluding hydrogens is 240 g/mol. The molecule has 0 radical (unpaired) electrons. The van der Waals surface area contributed by atoms with E-state index < -0.39 is 0 Å². The Bertz CT molecular complexity index is 329. The van der Waals surface area contributed by atoms with E-state index in [2.05, 4.69) is 17.6 Å². The Hall–Kier alpha value is -0.540. The van der Waals surface area contributed by atoms with Crippen LogP contribution in [-0.2, 0) is 0 Å². The summed E-state index contributed by atoms with van der Waals surface area (Å²) in [5.41, 5.74) is 2.17. The molecule has 16 heavy (non-hydrogen) atoms. The monoisotopic (exact) mass is 258 g/mol. The Morgan fingerprint density at radius 2 is 2.12 bits per heavy atom. The van der Waals surface area contributed by atoms with Crippen molar-refractivity contribution >= 4 is 34.7 Å². The largest absolute Gasteiger partial charge is 0.383 e. The van der Waals surface area contributed by atoms with Gasteiger partial charge in [-0.15, -0.1) is 0 Å². The molecule has 0 bridgehead atoms. The van der Waals surface area contributed by atoms with E-state index in [9.17, 15) is 0 Å². The molecule has 0 amide bonds. The molecule has 0 aliphatic carbocycles. The van der Waals surface area contributed by atoms with Gasteiger partial charge >= 0.3 is 0 Å². The molecule has 0 aliphatic rings. The number of nitrogens with one attached hydrogen (secondary N) is 1. The number of rotatable bonds is 6. The molecule has 1 N–H and O–H groups in total. The minimum absolute atomic E-state index is 0.792. The van der Waals surface area contributed by atoms with E-state index in [0.717, 1.165) is 22.9 Å². The molecule has 0 saturated heterocycles. The first kappa shape index (κ1) is 13.5. The normalized spacial score (nSPS) is 10.2. The van der Waals surface area contributed by atoms with Crippen molar-refractivity contribution in [2.24, 2.45) is 0 Å². The third-order valence-electron chi connectivity index (χ3n) is 2.27. The van der Waals surface area contributed by atoms with Crippen LogP contribution >= 0.6 is 23.4 Å². The fraction of sp³-hybridized carbons (Fsp3) is 0.500. The van der Waals surface area contributed by atoms with Gasteiger partial charge in [0.05, 0.1) is 16.4 Å². The molecule has 2 nitrogen and oxygen atoms in total. The lowest BCUT2D eigenvalue weighted by Crippen LogP contribution is -2.13. The fourth-order valence-corrected chi connectivity index (χ4v) is 2.33. The van der Waals surface area contributed by atoms with Crippen LogP contribution < -0.4 is 10.2 Å². The molecule has 0 unspecified atom stereocenters. The first-order valence-corrected chi connectivity index (χ1v) is 7.12. The van der Waals surface area contributed by atoms with Crippen LogP contribution in [0.1, 0.15) is 6.42 Å². The number of hydrogen-bond donors (Lipinski definition) is 1. The van der Waals surface area contributed by atoms with E-state index in [-0.39, 0.29) is 0 Å². The van der Waals surface area contributed by atoms with E-state index in [1.54, 1.807) is 0 Å². The van der Waals surface area contributed by atoms with Crippen molar-refractivity contribution in [2.45, 2.75) is 6.42 Å². The van der Waals surface area contributed by atoms with Crippen LogP contribution in [0.5, 0.6) is 0 Å². The van der Waals surface area contributed by atoms with Crippen molar-refractivity contribution < 1.29 is 0 Å². The standard InChI is InChI=1S/C12H19ClN2S/c1-15(2)12-10(13)6-4-7-11(12)14-8-5-9-16-3/h4,6-7,14H,5,8-9H2,1-3H3. The lowest BCUT2D eigenvalue weighted by Gasteiger charge is -2.19. The minimum Gasteiger partial charge on any atom is -0.383 e. The number of benzene rings is 1. The average molecular weight is 259 g/mol. The quantitative estimate of drug-likeness (QED) is 0.786. The van der Waals surface area contributed by atoms with Crippen molar-refractivity contribution in [1.82, 2.24) is 0 Å². The molecule has 1 aromatic carbocycles. The smallest absolute Gasteiger partial charge is 0.0786 e. The molecule has 0 saturated carbocycles. The Labute approximate surface area is 107 Å². The third kappa shape index (κ3) is 3.80. The first-order chi connectivity index (χ1) is 7.66. The summed E-state index contributed by atoms with van der Waals surface area (Å²) in [5.74, 6) is 1.19. The van der Waals surface area contributed by atoms with Crippen molar-refractivity contribution in [3.8, 4) is 0 Å². The predicted octanol–water partition coefficient (Wildman–Crippen LogP) is 3.57. The van der Waals surface area contributed by atoms with Crippen molar-refractivity contribution in [1.29, 1.82) is 0 Å². The summed E-state index contributed by atoms with van der Waals surface area (Å²) in [6.45, 7) is 0.988. The molecule has 4 heteroatoms. The summed E-state index contributed by atoms with van der Waals surface area (Å²) in [7, 11) is 4.02. The summed E-state index contributed by atoms with van der Waals surface area (Å²) >= 11 is 8.05. The summed E-state index contributed by atoms with van der Waals surface area (Å²) in [6.07, 6.45) is 3.30. The zero-order valence-corrected chi connectivity index (χ0v) is 11.7. The summed E-state index contributed by atoms with van der Waals surface area (Å²) in [4.78, 5) is 2.04. The van der Waals surface area contributed by atoms with Crippen LogP contribution in [0.3, 0.4) is 0 Å². The van der Waals surface area contributed by atoms with Gasteiger partial charge in [-0.1, -0.05) is 17.7 Å². The van der Waals surface area contributed by atoms with Crippen LogP contribution in [0.4, 0.5) is 11.4 Å². The predicted molar refractivity (Wildman–Crippen MR) is 77.3 cm³/mol. The van der Waals surface area contributed by atoms with E-state index in [4.69, 9.17) is 11.6 Å². The Balaban J connectivity index is 2.67. The highest BCUT2D eigenvalue weighted by Gasteiger charge is 2.07. The fourth-order valence-electron chi connectivity index (χ4n) is 1.55. The lowest BCUT2D eigenvalue weighted by molar-refractivity contribution is 0.989. The molecule has 0 fully saturated rings. The summed E-state index contributed by atoms with van der Waals surface area (Å²) < 4.78 is 0. The second-order valence-electron chi connectivity index (χ2n) is 3.80. The third-order valence-corrected chi connectivity index (χ3v) is 3.28. The summed E-state index contributed by atoms with van der Waals surface area (Å²) in [6, 6.07) is 5.97. The van der Waals surface area contributed by atoms with Gasteiger partial charge in [0.25, 0.3) is 0 Å². The van der Waals surface area contributed by atoms with Gasteiger partial charge in [0.2, 0.25) is 0 Å². The topological polar surface area (TPSA) is 15.3 Å². The van der Waals surface area contributed by atoms with Crippen LogP contribution in [0, 0.1) is 0 Å². The molecule has 0 aromatic heterocycles. The highest BCUT2D eigenvalue weighted by Crippen LogP contribution is 2.32. The molecular formula is C12H19ClN2S. The number of thioether (sulfide) groups is 1. The zero-order valence-electron chi connectivity index (χ0n) is 10.1. The number of anilines is 2. The second-order valence-corrected chi connectivity index (χ2v) is 5.20. The first-order valence-electron chi connectivity index (χ1n) is 5.35. The molecule has 0 heterocycles. The molecule has 90 valence electrons. The molecule has 0 aliphatic heterocycles. The molecule has 0 spiro atoms. The van der Waals surface area contributed by atoms with Gasteiger partial charge in [0.15, 0.2) is 0 Å². The van der Waals surface area contributed by atoms with Gasteiger partial charge in [-0.3, -0.25) is 0 Å². The minimum atomic E-state index is 0.792. The van der Waals surface area contributed by atoms with Crippen LogP contribution in [-0.4, -0.2) is 32.6 Å². The molecule has 1 aromatic rings. The number of hydrogen-bond acceptors (Lipinski definition) is 3. The van der Waals surface area contributed by atoms with E-state index >= 15 is 0 Å². The van der Waals surface area contributed by atoms with Gasteiger partial charge in [-0.25, -0.2) is 0 Å².